The number of allylic oxidation sites excluding steroid dienone is 1. The van der Waals surface area contributed by atoms with Crippen LogP contribution in [0.1, 0.15) is 21.2 Å². The van der Waals surface area contributed by atoms with E-state index in [2.05, 4.69) is 16.8 Å². The summed E-state index contributed by atoms with van der Waals surface area (Å²) in [7, 11) is 1.63. The fourth-order valence-corrected chi connectivity index (χ4v) is 4.78. The average molecular weight is 389 g/mol. The van der Waals surface area contributed by atoms with Gasteiger partial charge in [0.15, 0.2) is 0 Å². The Morgan fingerprint density at radius 1 is 1.38 bits per heavy atom. The van der Waals surface area contributed by atoms with Crippen molar-refractivity contribution in [2.75, 3.05) is 7.11 Å². The average Bonchev–Trinajstić information content (AvgIpc) is 3.12. The Balaban J connectivity index is 1.67. The summed E-state index contributed by atoms with van der Waals surface area (Å²) in [5.74, 6) is -0.0429. The first-order valence-corrected chi connectivity index (χ1v) is 9.56. The molecule has 2 heterocycles. The van der Waals surface area contributed by atoms with Crippen molar-refractivity contribution in [2.24, 2.45) is 10.9 Å². The summed E-state index contributed by atoms with van der Waals surface area (Å²) >= 11 is 8.05. The highest BCUT2D eigenvalue weighted by atomic mass is 35.5. The number of rotatable bonds is 3. The van der Waals surface area contributed by atoms with Gasteiger partial charge in [-0.25, -0.2) is 9.79 Å². The van der Waals surface area contributed by atoms with Crippen LogP contribution in [0.4, 0.5) is 5.69 Å². The van der Waals surface area contributed by atoms with Crippen molar-refractivity contribution in [1.29, 1.82) is 0 Å². The molecule has 2 N–H and O–H groups in total. The third-order valence-electron chi connectivity index (χ3n) is 4.64. The van der Waals surface area contributed by atoms with Crippen LogP contribution in [-0.4, -0.2) is 35.5 Å². The number of amidine groups is 1. The molecule has 3 aliphatic rings. The van der Waals surface area contributed by atoms with E-state index in [0.29, 0.717) is 5.69 Å². The quantitative estimate of drug-likeness (QED) is 0.765. The second-order valence-electron chi connectivity index (χ2n) is 6.24. The van der Waals surface area contributed by atoms with Gasteiger partial charge in [-0.15, -0.1) is 23.4 Å². The van der Waals surface area contributed by atoms with Gasteiger partial charge in [-0.3, -0.25) is 0 Å². The topological polar surface area (TPSA) is 70.9 Å². The molecule has 4 unspecified atom stereocenters. The van der Waals surface area contributed by atoms with Crippen LogP contribution in [0.5, 0.6) is 0 Å². The lowest BCUT2D eigenvalue weighted by atomic mass is 9.92. The highest BCUT2D eigenvalue weighted by Gasteiger charge is 2.35. The lowest BCUT2D eigenvalue weighted by Crippen LogP contribution is -2.34. The summed E-state index contributed by atoms with van der Waals surface area (Å²) in [6, 6.07) is 5.14. The summed E-state index contributed by atoms with van der Waals surface area (Å²) in [5, 5.41) is 14.6. The zero-order valence-corrected chi connectivity index (χ0v) is 15.5. The standard InChI is InChI=1S/C19H17ClN2O3S/c1-25-16-5-3-11(9-14(16)20)21-18-13-6-7-26-17(13)12-4-2-10(19(23)24)8-15(12)22-18/h2-9,13-14,16-17H,1H3,(H,21,22)(H,23,24). The maximum Gasteiger partial charge on any atom is 0.335 e. The number of ether oxygens (including phenoxy) is 1. The van der Waals surface area contributed by atoms with Crippen molar-refractivity contribution in [3.05, 3.63) is 64.7 Å². The Bertz CT molecular complexity index is 878. The first-order valence-electron chi connectivity index (χ1n) is 8.18. The molecule has 2 aliphatic heterocycles. The molecule has 0 aromatic heterocycles. The molecule has 7 heteroatoms. The van der Waals surface area contributed by atoms with Gasteiger partial charge in [0.2, 0.25) is 0 Å². The first-order chi connectivity index (χ1) is 12.6. The third kappa shape index (κ3) is 3.09. The number of carboxylic acid groups (broad SMARTS) is 1. The molecule has 26 heavy (non-hydrogen) atoms. The zero-order valence-electron chi connectivity index (χ0n) is 13.9. The molecule has 4 atom stereocenters. The summed E-state index contributed by atoms with van der Waals surface area (Å²) in [6.07, 6.45) is 7.72. The number of thioether (sulfide) groups is 1. The van der Waals surface area contributed by atoms with Crippen molar-refractivity contribution < 1.29 is 14.6 Å². The number of methoxy groups -OCH3 is 1. The molecule has 134 valence electrons. The number of halogens is 1. The minimum absolute atomic E-state index is 0.117. The number of alkyl halides is 1. The second-order valence-corrected chi connectivity index (χ2v) is 7.79. The largest absolute Gasteiger partial charge is 0.478 e. The maximum absolute atomic E-state index is 11.3. The molecular formula is C19H17ClN2O3S. The van der Waals surface area contributed by atoms with Crippen molar-refractivity contribution >= 4 is 40.9 Å². The molecule has 1 aromatic carbocycles. The van der Waals surface area contributed by atoms with E-state index in [9.17, 15) is 9.90 Å². The highest BCUT2D eigenvalue weighted by Crippen LogP contribution is 2.49. The fourth-order valence-electron chi connectivity index (χ4n) is 3.30. The highest BCUT2D eigenvalue weighted by molar-refractivity contribution is 8.02. The lowest BCUT2D eigenvalue weighted by Gasteiger charge is -2.29. The van der Waals surface area contributed by atoms with Gasteiger partial charge < -0.3 is 15.2 Å². The number of carboxylic acids is 1. The predicted octanol–water partition coefficient (Wildman–Crippen LogP) is 4.01. The van der Waals surface area contributed by atoms with Crippen LogP contribution in [0.3, 0.4) is 0 Å². The lowest BCUT2D eigenvalue weighted by molar-refractivity contribution is 0.0697. The van der Waals surface area contributed by atoms with Crippen LogP contribution >= 0.6 is 23.4 Å². The molecule has 0 fully saturated rings. The molecule has 0 spiro atoms. The number of aromatic carboxylic acids is 1. The van der Waals surface area contributed by atoms with Crippen molar-refractivity contribution in [1.82, 2.24) is 5.32 Å². The Labute approximate surface area is 160 Å². The Hall–Kier alpha value is -2.02. The van der Waals surface area contributed by atoms with E-state index in [1.165, 1.54) is 0 Å². The summed E-state index contributed by atoms with van der Waals surface area (Å²) in [4.78, 5) is 16.0. The van der Waals surface area contributed by atoms with Crippen LogP contribution in [0.25, 0.3) is 0 Å². The molecule has 1 aliphatic carbocycles. The van der Waals surface area contributed by atoms with E-state index in [-0.39, 0.29) is 28.2 Å². The monoisotopic (exact) mass is 388 g/mol. The molecule has 1 aromatic rings. The van der Waals surface area contributed by atoms with Gasteiger partial charge in [-0.05, 0) is 35.3 Å². The molecule has 0 saturated heterocycles. The fraction of sp³-hybridized carbons (Fsp3) is 0.263. The SMILES string of the molecule is COC1C=CC(NC2=Nc3cc(C(=O)O)ccc3C3SC=CC23)=CC1Cl. The number of benzene rings is 1. The number of hydrogen-bond donors (Lipinski definition) is 2. The summed E-state index contributed by atoms with van der Waals surface area (Å²) in [6.45, 7) is 0. The number of nitrogens with one attached hydrogen (secondary N) is 1. The number of carbonyl (C=O) groups is 1. The van der Waals surface area contributed by atoms with Gasteiger partial charge in [0.05, 0.1) is 28.6 Å². The number of hydrogen-bond acceptors (Lipinski definition) is 5. The van der Waals surface area contributed by atoms with Gasteiger partial charge in [-0.1, -0.05) is 18.2 Å². The molecular weight excluding hydrogens is 372 g/mol. The smallest absolute Gasteiger partial charge is 0.335 e. The van der Waals surface area contributed by atoms with Gasteiger partial charge in [0.1, 0.15) is 5.84 Å². The van der Waals surface area contributed by atoms with Gasteiger partial charge in [0, 0.05) is 18.1 Å². The van der Waals surface area contributed by atoms with Gasteiger partial charge >= 0.3 is 5.97 Å². The van der Waals surface area contributed by atoms with Crippen LogP contribution < -0.4 is 5.32 Å². The second kappa shape index (κ2) is 6.95. The molecule has 0 saturated carbocycles. The normalized spacial score (nSPS) is 28.8. The minimum Gasteiger partial charge on any atom is -0.478 e. The van der Waals surface area contributed by atoms with Crippen LogP contribution in [0.15, 0.2) is 58.6 Å². The van der Waals surface area contributed by atoms with Gasteiger partial charge in [0.25, 0.3) is 0 Å². The third-order valence-corrected chi connectivity index (χ3v) is 6.17. The van der Waals surface area contributed by atoms with E-state index in [4.69, 9.17) is 21.3 Å². The van der Waals surface area contributed by atoms with Crippen molar-refractivity contribution in [3.63, 3.8) is 0 Å². The van der Waals surface area contributed by atoms with E-state index in [1.54, 1.807) is 31.0 Å². The number of aliphatic imine (C=N–C) groups is 1. The Kier molecular flexibility index (Phi) is 4.65. The van der Waals surface area contributed by atoms with Crippen LogP contribution in [0.2, 0.25) is 0 Å². The summed E-state index contributed by atoms with van der Waals surface area (Å²) in [5.41, 5.74) is 2.85. The predicted molar refractivity (Wildman–Crippen MR) is 104 cm³/mol. The van der Waals surface area contributed by atoms with Crippen LogP contribution in [0, 0.1) is 5.92 Å². The molecule has 5 nitrogen and oxygen atoms in total. The van der Waals surface area contributed by atoms with E-state index >= 15 is 0 Å². The first kappa shape index (κ1) is 17.4. The number of fused-ring (bicyclic) bond motifs is 3. The van der Waals surface area contributed by atoms with E-state index in [0.717, 1.165) is 17.1 Å². The van der Waals surface area contributed by atoms with Crippen molar-refractivity contribution in [2.45, 2.75) is 16.7 Å². The number of nitrogens with zero attached hydrogens (tertiary/aromatic N) is 1. The molecule has 0 radical (unpaired) electrons. The maximum atomic E-state index is 11.3. The molecule has 0 bridgehead atoms. The Morgan fingerprint density at radius 2 is 2.23 bits per heavy atom. The minimum atomic E-state index is -0.953. The molecule has 4 rings (SSSR count). The van der Waals surface area contributed by atoms with Crippen molar-refractivity contribution in [3.8, 4) is 0 Å². The zero-order chi connectivity index (χ0) is 18.3. The van der Waals surface area contributed by atoms with Crippen LogP contribution in [-0.2, 0) is 4.74 Å². The molecule has 0 amide bonds. The van der Waals surface area contributed by atoms with E-state index in [1.807, 2.05) is 24.3 Å². The van der Waals surface area contributed by atoms with Gasteiger partial charge in [-0.2, -0.15) is 0 Å². The Morgan fingerprint density at radius 3 is 2.96 bits per heavy atom. The van der Waals surface area contributed by atoms with E-state index < -0.39 is 5.97 Å². The summed E-state index contributed by atoms with van der Waals surface area (Å²) < 4.78 is 5.30.